The number of aromatic amines is 1. The number of H-pyrrole nitrogens is 1. The lowest BCUT2D eigenvalue weighted by molar-refractivity contribution is -0.136. The molecule has 4 nitrogen and oxygen atoms in total. The van der Waals surface area contributed by atoms with Gasteiger partial charge < -0.3 is 9.40 Å². The van der Waals surface area contributed by atoms with Gasteiger partial charge in [0.25, 0.3) is 0 Å². The maximum Gasteiger partial charge on any atom is 0.418 e. The molecule has 4 aromatic rings. The second kappa shape index (κ2) is 7.47. The second-order valence-electron chi connectivity index (χ2n) is 8.05. The summed E-state index contributed by atoms with van der Waals surface area (Å²) in [4.78, 5) is 11.6. The summed E-state index contributed by atoms with van der Waals surface area (Å²) in [5.41, 5.74) is 0.775. The average Bonchev–Trinajstić information content (AvgIpc) is 3.23. The fourth-order valence-electron chi connectivity index (χ4n) is 3.18. The van der Waals surface area contributed by atoms with Crippen LogP contribution < -0.4 is 0 Å². The molecule has 0 unspecified atom stereocenters. The Bertz CT molecular complexity index is 1190. The van der Waals surface area contributed by atoms with Crippen LogP contribution >= 0.6 is 12.4 Å². The van der Waals surface area contributed by atoms with E-state index in [-0.39, 0.29) is 29.2 Å². The summed E-state index contributed by atoms with van der Waals surface area (Å²) < 4.78 is 47.2. The Balaban J connectivity index is 0.00000256. The Morgan fingerprint density at radius 1 is 0.933 bits per heavy atom. The van der Waals surface area contributed by atoms with Gasteiger partial charge in [0.2, 0.25) is 5.89 Å². The first-order valence-corrected chi connectivity index (χ1v) is 9.19. The molecule has 158 valence electrons. The van der Waals surface area contributed by atoms with E-state index in [2.05, 4.69) is 15.0 Å². The summed E-state index contributed by atoms with van der Waals surface area (Å²) >= 11 is 0. The zero-order valence-corrected chi connectivity index (χ0v) is 17.7. The van der Waals surface area contributed by atoms with Crippen molar-refractivity contribution < 1.29 is 17.6 Å². The highest BCUT2D eigenvalue weighted by Gasteiger charge is 2.35. The number of nitrogens with zero attached hydrogens (tertiary/aromatic N) is 2. The molecule has 0 atom stereocenters. The highest BCUT2D eigenvalue weighted by molar-refractivity contribution is 5.87. The molecule has 1 N–H and O–H groups in total. The van der Waals surface area contributed by atoms with Gasteiger partial charge >= 0.3 is 6.18 Å². The minimum Gasteiger partial charge on any atom is -0.437 e. The maximum absolute atomic E-state index is 13.8. The van der Waals surface area contributed by atoms with Crippen LogP contribution in [0, 0.1) is 6.92 Å². The van der Waals surface area contributed by atoms with Gasteiger partial charge in [-0.1, -0.05) is 51.1 Å². The lowest BCUT2D eigenvalue weighted by Gasteiger charge is -2.11. The first-order valence-electron chi connectivity index (χ1n) is 9.19. The van der Waals surface area contributed by atoms with Crippen molar-refractivity contribution in [3.05, 3.63) is 59.6 Å². The molecule has 2 aromatic carbocycles. The van der Waals surface area contributed by atoms with Gasteiger partial charge in [-0.2, -0.15) is 13.2 Å². The number of imidazole rings is 1. The first-order chi connectivity index (χ1) is 13.5. The summed E-state index contributed by atoms with van der Waals surface area (Å²) in [5.74, 6) is 1.09. The van der Waals surface area contributed by atoms with Crippen LogP contribution in [0.15, 0.2) is 46.9 Å². The van der Waals surface area contributed by atoms with Gasteiger partial charge in [0.1, 0.15) is 5.52 Å². The average molecular weight is 436 g/mol. The molecular formula is C22H21ClF3N3O. The van der Waals surface area contributed by atoms with Crippen molar-refractivity contribution in [2.24, 2.45) is 0 Å². The molecule has 0 aliphatic heterocycles. The van der Waals surface area contributed by atoms with Gasteiger partial charge in [-0.25, -0.2) is 9.97 Å². The predicted octanol–water partition coefficient (Wildman–Crippen LogP) is 6.93. The van der Waals surface area contributed by atoms with Crippen LogP contribution in [0.2, 0.25) is 0 Å². The van der Waals surface area contributed by atoms with E-state index in [0.29, 0.717) is 34.0 Å². The van der Waals surface area contributed by atoms with Crippen LogP contribution in [0.4, 0.5) is 13.2 Å². The third-order valence-electron chi connectivity index (χ3n) is 4.65. The highest BCUT2D eigenvalue weighted by Crippen LogP contribution is 2.39. The molecule has 0 bridgehead atoms. The van der Waals surface area contributed by atoms with E-state index >= 15 is 0 Å². The van der Waals surface area contributed by atoms with Crippen molar-refractivity contribution in [3.8, 4) is 22.7 Å². The first kappa shape index (κ1) is 21.9. The Hall–Kier alpha value is -2.80. The number of halogens is 4. The number of nitrogens with one attached hydrogen (secondary N) is 1. The number of aryl methyl sites for hydroxylation is 1. The van der Waals surface area contributed by atoms with E-state index in [0.717, 1.165) is 6.07 Å². The van der Waals surface area contributed by atoms with Gasteiger partial charge in [-0.15, -0.1) is 12.4 Å². The summed E-state index contributed by atoms with van der Waals surface area (Å²) in [6.07, 6.45) is -4.54. The summed E-state index contributed by atoms with van der Waals surface area (Å²) in [5, 5.41) is 0. The van der Waals surface area contributed by atoms with Gasteiger partial charge in [0.05, 0.1) is 16.8 Å². The number of alkyl halides is 3. The fraction of sp³-hybridized carbons (Fsp3) is 0.273. The van der Waals surface area contributed by atoms with Crippen LogP contribution in [0.1, 0.15) is 37.9 Å². The third-order valence-corrected chi connectivity index (χ3v) is 4.65. The number of oxazole rings is 1. The molecule has 2 aromatic heterocycles. The van der Waals surface area contributed by atoms with Crippen LogP contribution in [-0.2, 0) is 11.6 Å². The quantitative estimate of drug-likeness (QED) is 0.371. The molecule has 8 heteroatoms. The van der Waals surface area contributed by atoms with E-state index in [9.17, 15) is 13.2 Å². The number of aromatic nitrogens is 3. The van der Waals surface area contributed by atoms with Crippen molar-refractivity contribution >= 4 is 23.4 Å². The van der Waals surface area contributed by atoms with Gasteiger partial charge in [-0.05, 0) is 30.2 Å². The minimum atomic E-state index is -4.54. The van der Waals surface area contributed by atoms with Crippen molar-refractivity contribution in [1.29, 1.82) is 0 Å². The normalized spacial score (nSPS) is 12.2. The highest BCUT2D eigenvalue weighted by atomic mass is 35.5. The number of fused-ring (bicyclic) bond motifs is 1. The van der Waals surface area contributed by atoms with Gasteiger partial charge in [-0.3, -0.25) is 0 Å². The van der Waals surface area contributed by atoms with E-state index in [1.165, 1.54) is 0 Å². The van der Waals surface area contributed by atoms with Gasteiger partial charge in [0.15, 0.2) is 11.6 Å². The smallest absolute Gasteiger partial charge is 0.418 e. The summed E-state index contributed by atoms with van der Waals surface area (Å²) in [6.45, 7) is 7.61. The summed E-state index contributed by atoms with van der Waals surface area (Å²) in [6, 6.07) is 11.8. The minimum absolute atomic E-state index is 0. The Labute approximate surface area is 178 Å². The molecule has 0 saturated carbocycles. The van der Waals surface area contributed by atoms with Gasteiger partial charge in [0, 0.05) is 5.41 Å². The van der Waals surface area contributed by atoms with E-state index < -0.39 is 11.7 Å². The van der Waals surface area contributed by atoms with Crippen LogP contribution in [-0.4, -0.2) is 15.0 Å². The van der Waals surface area contributed by atoms with E-state index in [4.69, 9.17) is 4.42 Å². The molecule has 0 fully saturated rings. The molecule has 0 amide bonds. The number of rotatable bonds is 2. The van der Waals surface area contributed by atoms with E-state index in [1.807, 2.05) is 26.8 Å². The lowest BCUT2D eigenvalue weighted by Crippen LogP contribution is -2.11. The third kappa shape index (κ3) is 3.94. The molecular weight excluding hydrogens is 415 g/mol. The second-order valence-corrected chi connectivity index (χ2v) is 8.05. The Kier molecular flexibility index (Phi) is 5.45. The molecule has 0 spiro atoms. The van der Waals surface area contributed by atoms with Crippen molar-refractivity contribution in [3.63, 3.8) is 0 Å². The SMILES string of the molecule is Cc1nc(C(C)(C)C)oc1-c1nc2c(C(F)(F)F)cc(-c3ccccc3)cc2[nH]1.Cl. The van der Waals surface area contributed by atoms with Crippen molar-refractivity contribution in [2.45, 2.75) is 39.3 Å². The Morgan fingerprint density at radius 2 is 1.60 bits per heavy atom. The van der Waals surface area contributed by atoms with Crippen LogP contribution in [0.3, 0.4) is 0 Å². The lowest BCUT2D eigenvalue weighted by atomic mass is 9.97. The molecule has 0 aliphatic rings. The fourth-order valence-corrected chi connectivity index (χ4v) is 3.18. The number of benzene rings is 2. The zero-order valence-electron chi connectivity index (χ0n) is 16.9. The topological polar surface area (TPSA) is 54.7 Å². The predicted molar refractivity (Wildman–Crippen MR) is 113 cm³/mol. The summed E-state index contributed by atoms with van der Waals surface area (Å²) in [7, 11) is 0. The molecule has 2 heterocycles. The largest absolute Gasteiger partial charge is 0.437 e. The molecule has 30 heavy (non-hydrogen) atoms. The van der Waals surface area contributed by atoms with Crippen molar-refractivity contribution in [2.75, 3.05) is 0 Å². The Morgan fingerprint density at radius 3 is 2.17 bits per heavy atom. The zero-order chi connectivity index (χ0) is 21.0. The molecule has 0 radical (unpaired) electrons. The number of hydrogen-bond donors (Lipinski definition) is 1. The standard InChI is InChI=1S/C22H20F3N3O.ClH/c1-12-18(29-20(26-12)21(2,3)4)19-27-16-11-14(13-8-6-5-7-9-13)10-15(17(16)28-19)22(23,24)25;/h5-11H,1-4H3,(H,27,28);1H. The van der Waals surface area contributed by atoms with Crippen molar-refractivity contribution in [1.82, 2.24) is 15.0 Å². The molecule has 4 rings (SSSR count). The number of hydrogen-bond acceptors (Lipinski definition) is 3. The maximum atomic E-state index is 13.8. The van der Waals surface area contributed by atoms with E-state index in [1.54, 1.807) is 37.3 Å². The molecule has 0 saturated heterocycles. The molecule has 0 aliphatic carbocycles. The monoisotopic (exact) mass is 435 g/mol. The van der Waals surface area contributed by atoms with Crippen LogP contribution in [0.25, 0.3) is 33.7 Å². The van der Waals surface area contributed by atoms with Crippen LogP contribution in [0.5, 0.6) is 0 Å².